The zero-order valence-electron chi connectivity index (χ0n) is 13.9. The highest BCUT2D eigenvalue weighted by atomic mass is 32.1. The second-order valence-corrected chi connectivity index (χ2v) is 7.57. The van der Waals surface area contributed by atoms with Gasteiger partial charge in [0.05, 0.1) is 10.3 Å². The SMILES string of the molecule is Cc1c(C(=O)N2CCNCC2)sc2nc3n(c(=O)c12)CCCCC3. The summed E-state index contributed by atoms with van der Waals surface area (Å²) in [6.07, 6.45) is 4.09. The van der Waals surface area contributed by atoms with Gasteiger partial charge in [-0.15, -0.1) is 11.3 Å². The molecule has 2 aliphatic rings. The Kier molecular flexibility index (Phi) is 4.14. The van der Waals surface area contributed by atoms with Crippen molar-refractivity contribution in [1.29, 1.82) is 0 Å². The molecule has 0 atom stereocenters. The maximum atomic E-state index is 13.0. The third kappa shape index (κ3) is 2.56. The van der Waals surface area contributed by atoms with Gasteiger partial charge < -0.3 is 10.2 Å². The summed E-state index contributed by atoms with van der Waals surface area (Å²) in [5.74, 6) is 0.920. The Hall–Kier alpha value is -1.73. The largest absolute Gasteiger partial charge is 0.335 e. The van der Waals surface area contributed by atoms with Gasteiger partial charge in [0.2, 0.25) is 0 Å². The van der Waals surface area contributed by atoms with Crippen LogP contribution in [0.25, 0.3) is 10.2 Å². The third-order valence-corrected chi connectivity index (χ3v) is 6.18. The lowest BCUT2D eigenvalue weighted by Gasteiger charge is -2.27. The predicted molar refractivity (Wildman–Crippen MR) is 94.9 cm³/mol. The van der Waals surface area contributed by atoms with Gasteiger partial charge in [0.1, 0.15) is 10.7 Å². The summed E-state index contributed by atoms with van der Waals surface area (Å²) in [7, 11) is 0. The van der Waals surface area contributed by atoms with E-state index in [1.165, 1.54) is 11.3 Å². The predicted octanol–water partition coefficient (Wildman–Crippen LogP) is 1.54. The average Bonchev–Trinajstić information content (AvgIpc) is 2.78. The lowest BCUT2D eigenvalue weighted by Crippen LogP contribution is -2.46. The Morgan fingerprint density at radius 1 is 1.17 bits per heavy atom. The molecule has 0 spiro atoms. The molecule has 2 aromatic rings. The van der Waals surface area contributed by atoms with Crippen LogP contribution in [0.2, 0.25) is 0 Å². The van der Waals surface area contributed by atoms with Gasteiger partial charge in [-0.25, -0.2) is 4.98 Å². The molecule has 1 saturated heterocycles. The van der Waals surface area contributed by atoms with Crippen molar-refractivity contribution in [3.63, 3.8) is 0 Å². The van der Waals surface area contributed by atoms with E-state index >= 15 is 0 Å². The molecule has 7 heteroatoms. The molecule has 0 unspecified atom stereocenters. The minimum atomic E-state index is 0.0324. The van der Waals surface area contributed by atoms with Crippen LogP contribution in [-0.4, -0.2) is 46.5 Å². The van der Waals surface area contributed by atoms with Gasteiger partial charge in [0.25, 0.3) is 11.5 Å². The number of hydrogen-bond donors (Lipinski definition) is 1. The summed E-state index contributed by atoms with van der Waals surface area (Å²) in [5, 5.41) is 3.90. The number of thiophene rings is 1. The van der Waals surface area contributed by atoms with Crippen LogP contribution in [0, 0.1) is 6.92 Å². The van der Waals surface area contributed by atoms with Crippen LogP contribution in [0.1, 0.15) is 40.3 Å². The van der Waals surface area contributed by atoms with Gasteiger partial charge in [0, 0.05) is 39.1 Å². The third-order valence-electron chi connectivity index (χ3n) is 5.01. The molecule has 0 radical (unpaired) electrons. The maximum absolute atomic E-state index is 13.0. The number of aromatic nitrogens is 2. The fourth-order valence-corrected chi connectivity index (χ4v) is 4.78. The van der Waals surface area contributed by atoms with Gasteiger partial charge in [0.15, 0.2) is 0 Å². The zero-order chi connectivity index (χ0) is 16.7. The van der Waals surface area contributed by atoms with Crippen molar-refractivity contribution >= 4 is 27.5 Å². The van der Waals surface area contributed by atoms with Crippen LogP contribution in [0.15, 0.2) is 4.79 Å². The molecule has 2 aromatic heterocycles. The number of nitrogens with one attached hydrogen (secondary N) is 1. The number of nitrogens with zero attached hydrogens (tertiary/aromatic N) is 3. The van der Waals surface area contributed by atoms with E-state index in [1.807, 2.05) is 16.4 Å². The molecule has 128 valence electrons. The van der Waals surface area contributed by atoms with E-state index in [0.29, 0.717) is 10.3 Å². The Labute approximate surface area is 144 Å². The van der Waals surface area contributed by atoms with Crippen molar-refractivity contribution in [1.82, 2.24) is 19.8 Å². The molecule has 1 N–H and O–H groups in total. The molecule has 1 fully saturated rings. The topological polar surface area (TPSA) is 67.2 Å². The van der Waals surface area contributed by atoms with Gasteiger partial charge in [-0.1, -0.05) is 6.42 Å². The van der Waals surface area contributed by atoms with Gasteiger partial charge in [-0.05, 0) is 25.3 Å². The molecular weight excluding hydrogens is 324 g/mol. The number of rotatable bonds is 1. The van der Waals surface area contributed by atoms with Crippen molar-refractivity contribution in [2.24, 2.45) is 0 Å². The van der Waals surface area contributed by atoms with E-state index in [1.54, 1.807) is 0 Å². The highest BCUT2D eigenvalue weighted by molar-refractivity contribution is 7.20. The quantitative estimate of drug-likeness (QED) is 0.850. The minimum Gasteiger partial charge on any atom is -0.335 e. The lowest BCUT2D eigenvalue weighted by molar-refractivity contribution is 0.0740. The highest BCUT2D eigenvalue weighted by Crippen LogP contribution is 2.29. The first-order valence-electron chi connectivity index (χ1n) is 8.69. The highest BCUT2D eigenvalue weighted by Gasteiger charge is 2.25. The monoisotopic (exact) mass is 346 g/mol. The van der Waals surface area contributed by atoms with Crippen molar-refractivity contribution in [2.75, 3.05) is 26.2 Å². The summed E-state index contributed by atoms with van der Waals surface area (Å²) in [5.41, 5.74) is 0.834. The van der Waals surface area contributed by atoms with E-state index in [0.717, 1.165) is 74.6 Å². The van der Waals surface area contributed by atoms with Crippen molar-refractivity contribution in [3.8, 4) is 0 Å². The molecule has 2 aliphatic heterocycles. The number of carbonyl (C=O) groups is 1. The molecular formula is C17H22N4O2S. The molecule has 0 saturated carbocycles. The van der Waals surface area contributed by atoms with E-state index in [9.17, 15) is 9.59 Å². The molecule has 0 bridgehead atoms. The molecule has 4 heterocycles. The van der Waals surface area contributed by atoms with Crippen LogP contribution in [0.4, 0.5) is 0 Å². The van der Waals surface area contributed by atoms with Gasteiger partial charge >= 0.3 is 0 Å². The Morgan fingerprint density at radius 3 is 2.75 bits per heavy atom. The Balaban J connectivity index is 1.81. The number of amides is 1. The van der Waals surface area contributed by atoms with Gasteiger partial charge in [-0.2, -0.15) is 0 Å². The second-order valence-electron chi connectivity index (χ2n) is 6.57. The Morgan fingerprint density at radius 2 is 1.96 bits per heavy atom. The maximum Gasteiger partial charge on any atom is 0.264 e. The Bertz CT molecular complexity index is 848. The zero-order valence-corrected chi connectivity index (χ0v) is 14.7. The minimum absolute atomic E-state index is 0.0324. The molecule has 1 amide bonds. The molecule has 4 rings (SSSR count). The number of piperazine rings is 1. The first-order chi connectivity index (χ1) is 11.7. The van der Waals surface area contributed by atoms with Crippen LogP contribution in [0.3, 0.4) is 0 Å². The van der Waals surface area contributed by atoms with E-state index in [2.05, 4.69) is 5.32 Å². The normalized spacial score (nSPS) is 18.5. The molecule has 6 nitrogen and oxygen atoms in total. The van der Waals surface area contributed by atoms with Crippen LogP contribution in [-0.2, 0) is 13.0 Å². The summed E-state index contributed by atoms with van der Waals surface area (Å²) in [4.78, 5) is 33.8. The second kappa shape index (κ2) is 6.29. The fraction of sp³-hybridized carbons (Fsp3) is 0.588. The van der Waals surface area contributed by atoms with Crippen molar-refractivity contribution < 1.29 is 4.79 Å². The standard InChI is InChI=1S/C17H22N4O2S/c1-11-13-15(19-12-5-3-2-4-8-21(12)16(13)22)24-14(11)17(23)20-9-6-18-7-10-20/h18H,2-10H2,1H3. The van der Waals surface area contributed by atoms with E-state index in [4.69, 9.17) is 4.98 Å². The summed E-state index contributed by atoms with van der Waals surface area (Å²) >= 11 is 1.38. The van der Waals surface area contributed by atoms with E-state index in [-0.39, 0.29) is 11.5 Å². The number of hydrogen-bond acceptors (Lipinski definition) is 5. The van der Waals surface area contributed by atoms with Crippen molar-refractivity contribution in [2.45, 2.75) is 39.2 Å². The van der Waals surface area contributed by atoms with Crippen LogP contribution < -0.4 is 10.9 Å². The fourth-order valence-electron chi connectivity index (χ4n) is 3.63. The summed E-state index contributed by atoms with van der Waals surface area (Å²) in [6, 6.07) is 0. The van der Waals surface area contributed by atoms with Crippen LogP contribution in [0.5, 0.6) is 0 Å². The van der Waals surface area contributed by atoms with Crippen molar-refractivity contribution in [3.05, 3.63) is 26.6 Å². The smallest absolute Gasteiger partial charge is 0.264 e. The van der Waals surface area contributed by atoms with Crippen LogP contribution >= 0.6 is 11.3 Å². The summed E-state index contributed by atoms with van der Waals surface area (Å²) < 4.78 is 1.83. The molecule has 0 aliphatic carbocycles. The lowest BCUT2D eigenvalue weighted by atomic mass is 10.2. The number of aryl methyl sites for hydroxylation is 2. The summed E-state index contributed by atoms with van der Waals surface area (Å²) in [6.45, 7) is 5.72. The van der Waals surface area contributed by atoms with Gasteiger partial charge in [-0.3, -0.25) is 14.2 Å². The molecule has 0 aromatic carbocycles. The number of fused-ring (bicyclic) bond motifs is 2. The van der Waals surface area contributed by atoms with E-state index < -0.39 is 0 Å². The first kappa shape index (κ1) is 15.8. The molecule has 24 heavy (non-hydrogen) atoms. The average molecular weight is 346 g/mol. The first-order valence-corrected chi connectivity index (χ1v) is 9.51. The number of carbonyl (C=O) groups excluding carboxylic acids is 1.